The number of rotatable bonds is 8. The minimum atomic E-state index is -3.82. The van der Waals surface area contributed by atoms with Crippen LogP contribution in [-0.4, -0.2) is 35.3 Å². The Hall–Kier alpha value is -2.49. The summed E-state index contributed by atoms with van der Waals surface area (Å²) in [4.78, 5) is 4.21. The minimum absolute atomic E-state index is 0.114. The molecule has 10 heteroatoms. The second kappa shape index (κ2) is 8.68. The molecule has 0 fully saturated rings. The maximum Gasteiger partial charge on any atom is 0.316 e. The molecule has 8 nitrogen and oxygen atoms in total. The molecule has 2 heterocycles. The van der Waals surface area contributed by atoms with Crippen LogP contribution < -0.4 is 9.46 Å². The van der Waals surface area contributed by atoms with Crippen LogP contribution in [-0.2, 0) is 23.0 Å². The number of sulfonamides is 1. The van der Waals surface area contributed by atoms with Gasteiger partial charge in [0.05, 0.1) is 18.0 Å². The maximum absolute atomic E-state index is 12.9. The van der Waals surface area contributed by atoms with Crippen molar-refractivity contribution in [3.8, 4) is 6.01 Å². The second-order valence-electron chi connectivity index (χ2n) is 5.98. The zero-order valence-electron chi connectivity index (χ0n) is 15.4. The third-order valence-corrected chi connectivity index (χ3v) is 5.88. The van der Waals surface area contributed by atoms with Crippen LogP contribution in [0.25, 0.3) is 0 Å². The summed E-state index contributed by atoms with van der Waals surface area (Å²) in [5, 5.41) is 8.63. The fourth-order valence-corrected chi connectivity index (χ4v) is 4.14. The van der Waals surface area contributed by atoms with Gasteiger partial charge in [0.15, 0.2) is 5.82 Å². The van der Waals surface area contributed by atoms with Gasteiger partial charge in [0.25, 0.3) is 0 Å². The van der Waals surface area contributed by atoms with Crippen LogP contribution in [0.5, 0.6) is 6.01 Å². The van der Waals surface area contributed by atoms with E-state index in [4.69, 9.17) is 16.3 Å². The number of nitrogens with zero attached hydrogens (tertiary/aromatic N) is 4. The molecular weight excluding hydrogens is 402 g/mol. The summed E-state index contributed by atoms with van der Waals surface area (Å²) in [6, 6.07) is 9.30. The maximum atomic E-state index is 12.9. The van der Waals surface area contributed by atoms with Gasteiger partial charge in [-0.05, 0) is 49.2 Å². The van der Waals surface area contributed by atoms with Gasteiger partial charge in [0.1, 0.15) is 0 Å². The zero-order valence-corrected chi connectivity index (χ0v) is 17.0. The molecule has 28 heavy (non-hydrogen) atoms. The van der Waals surface area contributed by atoms with Crippen LogP contribution in [0.3, 0.4) is 0 Å². The summed E-state index contributed by atoms with van der Waals surface area (Å²) >= 11 is 5.87. The molecule has 148 valence electrons. The largest absolute Gasteiger partial charge is 0.467 e. The lowest BCUT2D eigenvalue weighted by atomic mass is 10.1. The number of pyridine rings is 1. The summed E-state index contributed by atoms with van der Waals surface area (Å²) < 4.78 is 35.6. The van der Waals surface area contributed by atoms with E-state index in [-0.39, 0.29) is 4.90 Å². The third kappa shape index (κ3) is 4.49. The third-order valence-electron chi connectivity index (χ3n) is 4.14. The van der Waals surface area contributed by atoms with E-state index in [0.29, 0.717) is 29.8 Å². The molecule has 0 spiro atoms. The Bertz CT molecular complexity index is 1020. The molecule has 0 aliphatic heterocycles. The zero-order chi connectivity index (χ0) is 20.1. The Morgan fingerprint density at radius 1 is 1.21 bits per heavy atom. The van der Waals surface area contributed by atoms with Crippen molar-refractivity contribution in [1.82, 2.24) is 24.5 Å². The molecule has 0 aliphatic carbocycles. The van der Waals surface area contributed by atoms with Crippen molar-refractivity contribution in [2.75, 3.05) is 7.11 Å². The first-order valence-electron chi connectivity index (χ1n) is 8.58. The van der Waals surface area contributed by atoms with Crippen molar-refractivity contribution in [1.29, 1.82) is 0 Å². The average Bonchev–Trinajstić information content (AvgIpc) is 3.11. The molecule has 0 radical (unpaired) electrons. The highest BCUT2D eigenvalue weighted by atomic mass is 35.5. The molecule has 0 bridgehead atoms. The van der Waals surface area contributed by atoms with Crippen molar-refractivity contribution in [2.24, 2.45) is 0 Å². The van der Waals surface area contributed by atoms with Gasteiger partial charge in [0.2, 0.25) is 10.0 Å². The van der Waals surface area contributed by atoms with E-state index in [2.05, 4.69) is 19.9 Å². The molecule has 2 aromatic heterocycles. The highest BCUT2D eigenvalue weighted by Crippen LogP contribution is 2.23. The topological polar surface area (TPSA) is 99.0 Å². The van der Waals surface area contributed by atoms with Gasteiger partial charge in [-0.15, -0.1) is 5.10 Å². The molecule has 0 aliphatic rings. The van der Waals surface area contributed by atoms with Gasteiger partial charge >= 0.3 is 6.01 Å². The van der Waals surface area contributed by atoms with Gasteiger partial charge in [-0.2, -0.15) is 0 Å². The second-order valence-corrected chi connectivity index (χ2v) is 8.13. The number of hydrogen-bond acceptors (Lipinski definition) is 6. The molecule has 0 amide bonds. The summed E-state index contributed by atoms with van der Waals surface area (Å²) in [7, 11) is -2.32. The fourth-order valence-electron chi connectivity index (χ4n) is 2.82. The van der Waals surface area contributed by atoms with Gasteiger partial charge in [-0.3, -0.25) is 9.55 Å². The lowest BCUT2D eigenvalue weighted by molar-refractivity contribution is 0.354. The van der Waals surface area contributed by atoms with Crippen LogP contribution in [0.2, 0.25) is 5.02 Å². The molecule has 0 saturated heterocycles. The van der Waals surface area contributed by atoms with E-state index in [9.17, 15) is 8.42 Å². The van der Waals surface area contributed by atoms with Crippen molar-refractivity contribution >= 4 is 21.6 Å². The van der Waals surface area contributed by atoms with Crippen LogP contribution in [0.4, 0.5) is 0 Å². The Kier molecular flexibility index (Phi) is 6.28. The van der Waals surface area contributed by atoms with Gasteiger partial charge in [-0.1, -0.05) is 22.8 Å². The summed E-state index contributed by atoms with van der Waals surface area (Å²) in [6.45, 7) is 2.43. The first-order chi connectivity index (χ1) is 13.4. The molecule has 0 saturated carbocycles. The smallest absolute Gasteiger partial charge is 0.316 e. The standard InChI is InChI=1S/C18H20ClN5O3S/c1-3-24-17(21-22-18(24)27-2)16(11-13-5-4-10-20-12-13)23-28(25,26)15-8-6-14(19)7-9-15/h4-10,12,16,23H,3,11H2,1-2H3/t16-/m1/s1. The summed E-state index contributed by atoms with van der Waals surface area (Å²) in [6.07, 6.45) is 3.70. The van der Waals surface area contributed by atoms with E-state index in [1.54, 1.807) is 23.0 Å². The number of benzene rings is 1. The van der Waals surface area contributed by atoms with E-state index in [1.807, 2.05) is 13.0 Å². The van der Waals surface area contributed by atoms with Crippen molar-refractivity contribution in [2.45, 2.75) is 30.8 Å². The Balaban J connectivity index is 1.99. The first kappa shape index (κ1) is 20.2. The SMILES string of the molecule is CCn1c(OC)nnc1[C@@H](Cc1cccnc1)NS(=O)(=O)c1ccc(Cl)cc1. The lowest BCUT2D eigenvalue weighted by Gasteiger charge is -2.19. The Morgan fingerprint density at radius 3 is 2.57 bits per heavy atom. The average molecular weight is 422 g/mol. The molecule has 3 aromatic rings. The number of methoxy groups -OCH3 is 1. The number of nitrogens with one attached hydrogen (secondary N) is 1. The van der Waals surface area contributed by atoms with E-state index >= 15 is 0 Å². The van der Waals surface area contributed by atoms with E-state index in [1.165, 1.54) is 31.4 Å². The summed E-state index contributed by atoms with van der Waals surface area (Å²) in [5.74, 6) is 0.459. The molecule has 3 rings (SSSR count). The number of aromatic nitrogens is 4. The fraction of sp³-hybridized carbons (Fsp3) is 0.278. The monoisotopic (exact) mass is 421 g/mol. The highest BCUT2D eigenvalue weighted by molar-refractivity contribution is 7.89. The van der Waals surface area contributed by atoms with Crippen molar-refractivity contribution in [3.63, 3.8) is 0 Å². The summed E-state index contributed by atoms with van der Waals surface area (Å²) in [5.41, 5.74) is 0.857. The molecule has 0 unspecified atom stereocenters. The number of hydrogen-bond donors (Lipinski definition) is 1. The number of halogens is 1. The molecule has 1 aromatic carbocycles. The van der Waals surface area contributed by atoms with Gasteiger partial charge < -0.3 is 4.74 Å². The predicted molar refractivity (Wildman–Crippen MR) is 105 cm³/mol. The van der Waals surface area contributed by atoms with Crippen LogP contribution in [0, 0.1) is 0 Å². The van der Waals surface area contributed by atoms with Crippen LogP contribution in [0.1, 0.15) is 24.4 Å². The predicted octanol–water partition coefficient (Wildman–Crippen LogP) is 2.62. The quantitative estimate of drug-likeness (QED) is 0.600. The minimum Gasteiger partial charge on any atom is -0.467 e. The van der Waals surface area contributed by atoms with Gasteiger partial charge in [0, 0.05) is 24.0 Å². The lowest BCUT2D eigenvalue weighted by Crippen LogP contribution is -2.32. The number of ether oxygens (including phenoxy) is 1. The van der Waals surface area contributed by atoms with Crippen LogP contribution in [0.15, 0.2) is 53.7 Å². The first-order valence-corrected chi connectivity index (χ1v) is 10.4. The van der Waals surface area contributed by atoms with Crippen molar-refractivity contribution < 1.29 is 13.2 Å². The normalized spacial score (nSPS) is 12.7. The Labute approximate surface area is 168 Å². The highest BCUT2D eigenvalue weighted by Gasteiger charge is 2.27. The van der Waals surface area contributed by atoms with Crippen LogP contribution >= 0.6 is 11.6 Å². The van der Waals surface area contributed by atoms with E-state index in [0.717, 1.165) is 5.56 Å². The van der Waals surface area contributed by atoms with Crippen molar-refractivity contribution in [3.05, 3.63) is 65.2 Å². The Morgan fingerprint density at radius 2 is 1.96 bits per heavy atom. The van der Waals surface area contributed by atoms with Gasteiger partial charge in [-0.25, -0.2) is 13.1 Å². The van der Waals surface area contributed by atoms with E-state index < -0.39 is 16.1 Å². The molecule has 1 atom stereocenters. The molecular formula is C18H20ClN5O3S. The molecule has 1 N–H and O–H groups in total.